The molecule has 0 aromatic heterocycles. The first-order valence-electron chi connectivity index (χ1n) is 11.4. The molecule has 0 bridgehead atoms. The van der Waals surface area contributed by atoms with Crippen molar-refractivity contribution in [2.75, 3.05) is 18.1 Å². The van der Waals surface area contributed by atoms with Crippen molar-refractivity contribution in [3.8, 4) is 5.75 Å². The van der Waals surface area contributed by atoms with Crippen LogP contribution in [0.15, 0.2) is 48.5 Å². The molecule has 2 aliphatic heterocycles. The molecule has 0 saturated carbocycles. The number of rotatable bonds is 8. The Morgan fingerprint density at radius 2 is 1.83 bits per heavy atom. The number of halogens is 3. The first-order chi connectivity index (χ1) is 16.6. The number of alkyl halides is 3. The van der Waals surface area contributed by atoms with Gasteiger partial charge in [0.05, 0.1) is 11.3 Å². The van der Waals surface area contributed by atoms with Gasteiger partial charge in [0.15, 0.2) is 6.61 Å². The van der Waals surface area contributed by atoms with Crippen LogP contribution in [-0.2, 0) is 16.1 Å². The highest BCUT2D eigenvalue weighted by atomic mass is 19.4. The SMILES string of the molecule is CC12CCC(=O)N1c1ccccc1C(=O)N2CCCC(=O)NCc1ccc(OCC(F)(F)F)cc1. The maximum Gasteiger partial charge on any atom is 0.422 e. The molecule has 1 saturated heterocycles. The van der Waals surface area contributed by atoms with E-state index in [0.29, 0.717) is 42.6 Å². The predicted molar refractivity (Wildman–Crippen MR) is 122 cm³/mol. The highest BCUT2D eigenvalue weighted by Gasteiger charge is 2.52. The van der Waals surface area contributed by atoms with Crippen molar-refractivity contribution in [3.05, 3.63) is 59.7 Å². The number of hydrogen-bond acceptors (Lipinski definition) is 4. The number of hydrogen-bond donors (Lipinski definition) is 1. The quantitative estimate of drug-likeness (QED) is 0.608. The molecule has 0 spiro atoms. The fourth-order valence-corrected chi connectivity index (χ4v) is 4.60. The summed E-state index contributed by atoms with van der Waals surface area (Å²) in [6, 6.07) is 13.1. The van der Waals surface area contributed by atoms with E-state index in [1.54, 1.807) is 46.2 Å². The van der Waals surface area contributed by atoms with E-state index in [0.717, 1.165) is 0 Å². The summed E-state index contributed by atoms with van der Waals surface area (Å²) in [6.45, 7) is 1.06. The van der Waals surface area contributed by atoms with Crippen LogP contribution in [0.2, 0.25) is 0 Å². The highest BCUT2D eigenvalue weighted by molar-refractivity contribution is 6.10. The van der Waals surface area contributed by atoms with Crippen LogP contribution in [-0.4, -0.2) is 47.6 Å². The number of benzene rings is 2. The number of anilines is 1. The molecule has 0 radical (unpaired) electrons. The van der Waals surface area contributed by atoms with Crippen molar-refractivity contribution in [2.24, 2.45) is 0 Å². The van der Waals surface area contributed by atoms with E-state index >= 15 is 0 Å². The zero-order chi connectivity index (χ0) is 25.2. The summed E-state index contributed by atoms with van der Waals surface area (Å²) >= 11 is 0. The maximum absolute atomic E-state index is 13.2. The predicted octanol–water partition coefficient (Wildman–Crippen LogP) is 4.02. The Balaban J connectivity index is 1.29. The molecular formula is C25H26F3N3O4. The van der Waals surface area contributed by atoms with Gasteiger partial charge in [0.25, 0.3) is 5.91 Å². The van der Waals surface area contributed by atoms with Gasteiger partial charge in [-0.2, -0.15) is 13.2 Å². The Bertz CT molecular complexity index is 1120. The maximum atomic E-state index is 13.2. The minimum absolute atomic E-state index is 0.0231. The lowest BCUT2D eigenvalue weighted by Gasteiger charge is -2.48. The Morgan fingerprint density at radius 1 is 1.11 bits per heavy atom. The average Bonchev–Trinajstić information content (AvgIpc) is 3.13. The summed E-state index contributed by atoms with van der Waals surface area (Å²) in [5.41, 5.74) is 1.07. The van der Waals surface area contributed by atoms with E-state index < -0.39 is 18.4 Å². The van der Waals surface area contributed by atoms with Gasteiger partial charge in [-0.1, -0.05) is 24.3 Å². The summed E-state index contributed by atoms with van der Waals surface area (Å²) in [5.74, 6) is -0.290. The second-order valence-corrected chi connectivity index (χ2v) is 8.85. The van der Waals surface area contributed by atoms with Gasteiger partial charge in [-0.05, 0) is 49.6 Å². The third-order valence-corrected chi connectivity index (χ3v) is 6.35. The van der Waals surface area contributed by atoms with E-state index in [-0.39, 0.29) is 36.4 Å². The van der Waals surface area contributed by atoms with Crippen LogP contribution in [0.3, 0.4) is 0 Å². The minimum atomic E-state index is -4.40. The van der Waals surface area contributed by atoms with E-state index in [1.165, 1.54) is 12.1 Å². The number of nitrogens with one attached hydrogen (secondary N) is 1. The standard InChI is InChI=1S/C25H26F3N3O4/c1-24-13-12-22(33)31(24)20-6-3-2-5-19(20)23(34)30(24)14-4-7-21(32)29-15-17-8-10-18(11-9-17)35-16-25(26,27)28/h2-3,5-6,8-11H,4,7,12-16H2,1H3,(H,29,32). The zero-order valence-corrected chi connectivity index (χ0v) is 19.2. The molecular weight excluding hydrogens is 463 g/mol. The smallest absolute Gasteiger partial charge is 0.422 e. The Labute approximate surface area is 200 Å². The highest BCUT2D eigenvalue weighted by Crippen LogP contribution is 2.44. The minimum Gasteiger partial charge on any atom is -0.484 e. The van der Waals surface area contributed by atoms with E-state index in [4.69, 9.17) is 0 Å². The van der Waals surface area contributed by atoms with Gasteiger partial charge in [0.2, 0.25) is 11.8 Å². The molecule has 1 unspecified atom stereocenters. The molecule has 1 fully saturated rings. The van der Waals surface area contributed by atoms with Crippen LogP contribution in [0.1, 0.15) is 48.5 Å². The van der Waals surface area contributed by atoms with Crippen LogP contribution in [0.25, 0.3) is 0 Å². The van der Waals surface area contributed by atoms with Gasteiger partial charge in [0, 0.05) is 25.9 Å². The number of para-hydroxylation sites is 1. The largest absolute Gasteiger partial charge is 0.484 e. The molecule has 1 atom stereocenters. The van der Waals surface area contributed by atoms with Crippen molar-refractivity contribution in [2.45, 2.75) is 51.0 Å². The third-order valence-electron chi connectivity index (χ3n) is 6.35. The first-order valence-corrected chi connectivity index (χ1v) is 11.4. The Hall–Kier alpha value is -3.56. The van der Waals surface area contributed by atoms with Crippen LogP contribution < -0.4 is 15.0 Å². The van der Waals surface area contributed by atoms with Crippen molar-refractivity contribution >= 4 is 23.4 Å². The van der Waals surface area contributed by atoms with Gasteiger partial charge in [-0.15, -0.1) is 0 Å². The average molecular weight is 489 g/mol. The third kappa shape index (κ3) is 5.26. The second kappa shape index (κ2) is 9.59. The van der Waals surface area contributed by atoms with Crippen LogP contribution >= 0.6 is 0 Å². The van der Waals surface area contributed by atoms with Crippen molar-refractivity contribution in [1.82, 2.24) is 10.2 Å². The molecule has 4 rings (SSSR count). The number of amides is 3. The molecule has 1 N–H and O–H groups in total. The normalized spacial score (nSPS) is 19.4. The molecule has 2 aromatic carbocycles. The molecule has 186 valence electrons. The van der Waals surface area contributed by atoms with Crippen molar-refractivity contribution in [3.63, 3.8) is 0 Å². The molecule has 7 nitrogen and oxygen atoms in total. The molecule has 35 heavy (non-hydrogen) atoms. The molecule has 0 aliphatic carbocycles. The summed E-state index contributed by atoms with van der Waals surface area (Å²) in [5, 5.41) is 2.77. The summed E-state index contributed by atoms with van der Waals surface area (Å²) < 4.78 is 41.4. The summed E-state index contributed by atoms with van der Waals surface area (Å²) in [7, 11) is 0. The van der Waals surface area contributed by atoms with E-state index in [1.807, 2.05) is 6.92 Å². The van der Waals surface area contributed by atoms with Crippen LogP contribution in [0.4, 0.5) is 18.9 Å². The lowest BCUT2D eigenvalue weighted by Crippen LogP contribution is -2.62. The topological polar surface area (TPSA) is 79.0 Å². The second-order valence-electron chi connectivity index (χ2n) is 8.85. The molecule has 3 amide bonds. The van der Waals surface area contributed by atoms with Crippen molar-refractivity contribution < 1.29 is 32.3 Å². The number of carbonyl (C=O) groups is 3. The van der Waals surface area contributed by atoms with E-state index in [9.17, 15) is 27.6 Å². The van der Waals surface area contributed by atoms with Crippen LogP contribution in [0, 0.1) is 0 Å². The lowest BCUT2D eigenvalue weighted by atomic mass is 9.98. The fourth-order valence-electron chi connectivity index (χ4n) is 4.60. The zero-order valence-electron chi connectivity index (χ0n) is 19.2. The number of carbonyl (C=O) groups excluding carboxylic acids is 3. The molecule has 10 heteroatoms. The summed E-state index contributed by atoms with van der Waals surface area (Å²) in [6.07, 6.45) is -2.92. The fraction of sp³-hybridized carbons (Fsp3) is 0.400. The Morgan fingerprint density at radius 3 is 2.54 bits per heavy atom. The van der Waals surface area contributed by atoms with Crippen molar-refractivity contribution in [1.29, 1.82) is 0 Å². The number of fused-ring (bicyclic) bond motifs is 3. The summed E-state index contributed by atoms with van der Waals surface area (Å²) in [4.78, 5) is 41.5. The van der Waals surface area contributed by atoms with Crippen LogP contribution in [0.5, 0.6) is 5.75 Å². The molecule has 2 aliphatic rings. The van der Waals surface area contributed by atoms with Gasteiger partial charge >= 0.3 is 6.18 Å². The monoisotopic (exact) mass is 489 g/mol. The van der Waals surface area contributed by atoms with Gasteiger partial charge in [-0.3, -0.25) is 19.3 Å². The number of ether oxygens (including phenoxy) is 1. The molecule has 2 aromatic rings. The van der Waals surface area contributed by atoms with E-state index in [2.05, 4.69) is 10.1 Å². The Kier molecular flexibility index (Phi) is 6.73. The first kappa shape index (κ1) is 24.6. The van der Waals surface area contributed by atoms with Gasteiger partial charge in [-0.25, -0.2) is 0 Å². The number of nitrogens with zero attached hydrogens (tertiary/aromatic N) is 2. The lowest BCUT2D eigenvalue weighted by molar-refractivity contribution is -0.153. The van der Waals surface area contributed by atoms with Gasteiger partial charge < -0.3 is 15.0 Å². The van der Waals surface area contributed by atoms with Gasteiger partial charge in [0.1, 0.15) is 11.4 Å². The molecule has 2 heterocycles.